The molecule has 0 aliphatic heterocycles. The van der Waals surface area contributed by atoms with Gasteiger partial charge < -0.3 is 14.0 Å². The lowest BCUT2D eigenvalue weighted by Gasteiger charge is -2.04. The van der Waals surface area contributed by atoms with Gasteiger partial charge in [-0.3, -0.25) is 4.79 Å². The molecule has 7 nitrogen and oxygen atoms in total. The smallest absolute Gasteiger partial charge is 0.260 e. The van der Waals surface area contributed by atoms with Gasteiger partial charge in [0.1, 0.15) is 22.7 Å². The third-order valence-corrected chi connectivity index (χ3v) is 7.22. The quantitative estimate of drug-likeness (QED) is 0.389. The summed E-state index contributed by atoms with van der Waals surface area (Å²) in [6, 6.07) is 7.87. The number of H-pyrrole nitrogens is 1. The van der Waals surface area contributed by atoms with Crippen LogP contribution in [0.25, 0.3) is 20.7 Å². The van der Waals surface area contributed by atoms with Crippen molar-refractivity contribution >= 4 is 44.7 Å². The Bertz CT molecular complexity index is 1330. The number of furan rings is 1. The summed E-state index contributed by atoms with van der Waals surface area (Å²) in [5.74, 6) is 1.94. The highest BCUT2D eigenvalue weighted by atomic mass is 32.2. The molecule has 5 aromatic heterocycles. The standard InChI is InChI=1S/C19H15N5O2S3/c1-11-4-5-14(29-11)13-8-27-18-16(13)17(25)21-15(22-18)9-28-19-23-20-10-24(19)7-12-3-2-6-26-12/h2-6,8,10H,7,9H2,1H3,(H,21,22,25). The molecular formula is C19H15N5O2S3. The zero-order chi connectivity index (χ0) is 19.8. The minimum absolute atomic E-state index is 0.107. The van der Waals surface area contributed by atoms with Crippen LogP contribution in [0, 0.1) is 6.92 Å². The van der Waals surface area contributed by atoms with E-state index in [0.29, 0.717) is 23.5 Å². The number of nitrogens with zero attached hydrogens (tertiary/aromatic N) is 4. The summed E-state index contributed by atoms with van der Waals surface area (Å²) >= 11 is 4.65. The normalized spacial score (nSPS) is 11.5. The number of hydrogen-bond acceptors (Lipinski definition) is 8. The van der Waals surface area contributed by atoms with Crippen LogP contribution in [0.5, 0.6) is 0 Å². The van der Waals surface area contributed by atoms with Crippen LogP contribution in [0.2, 0.25) is 0 Å². The van der Waals surface area contributed by atoms with Crippen molar-refractivity contribution in [2.24, 2.45) is 0 Å². The molecule has 0 aliphatic rings. The highest BCUT2D eigenvalue weighted by Gasteiger charge is 2.15. The maximum absolute atomic E-state index is 12.8. The maximum atomic E-state index is 12.8. The number of aromatic amines is 1. The molecule has 0 bridgehead atoms. The number of hydrogen-bond donors (Lipinski definition) is 1. The second-order valence-corrected chi connectivity index (χ2v) is 9.45. The molecule has 0 saturated heterocycles. The van der Waals surface area contributed by atoms with Gasteiger partial charge in [-0.25, -0.2) is 4.98 Å². The van der Waals surface area contributed by atoms with E-state index in [1.807, 2.05) is 22.1 Å². The zero-order valence-electron chi connectivity index (χ0n) is 15.3. The molecule has 0 spiro atoms. The highest BCUT2D eigenvalue weighted by Crippen LogP contribution is 2.35. The van der Waals surface area contributed by atoms with E-state index < -0.39 is 0 Å². The van der Waals surface area contributed by atoms with Gasteiger partial charge in [-0.1, -0.05) is 11.8 Å². The molecule has 0 unspecified atom stereocenters. The van der Waals surface area contributed by atoms with Gasteiger partial charge >= 0.3 is 0 Å². The summed E-state index contributed by atoms with van der Waals surface area (Å²) in [5, 5.41) is 11.6. The van der Waals surface area contributed by atoms with Crippen molar-refractivity contribution < 1.29 is 4.42 Å². The minimum atomic E-state index is -0.107. The summed E-state index contributed by atoms with van der Waals surface area (Å²) < 4.78 is 7.29. The van der Waals surface area contributed by atoms with Crippen molar-refractivity contribution in [2.45, 2.75) is 24.4 Å². The largest absolute Gasteiger partial charge is 0.467 e. The Labute approximate surface area is 177 Å². The third kappa shape index (κ3) is 3.66. The van der Waals surface area contributed by atoms with E-state index in [4.69, 9.17) is 4.42 Å². The molecular weight excluding hydrogens is 426 g/mol. The highest BCUT2D eigenvalue weighted by molar-refractivity contribution is 7.98. The number of nitrogens with one attached hydrogen (secondary N) is 1. The monoisotopic (exact) mass is 441 g/mol. The number of thiophene rings is 2. The van der Waals surface area contributed by atoms with Crippen LogP contribution >= 0.6 is 34.4 Å². The molecule has 5 rings (SSSR count). The number of thioether (sulfide) groups is 1. The molecule has 5 heterocycles. The van der Waals surface area contributed by atoms with Crippen molar-refractivity contribution in [3.05, 3.63) is 69.1 Å². The van der Waals surface area contributed by atoms with Gasteiger partial charge in [0.05, 0.1) is 23.9 Å². The van der Waals surface area contributed by atoms with Crippen molar-refractivity contribution in [3.63, 3.8) is 0 Å². The summed E-state index contributed by atoms with van der Waals surface area (Å²) in [5.41, 5.74) is 0.846. The Kier molecular flexibility index (Phi) is 4.82. The second-order valence-electron chi connectivity index (χ2n) is 6.36. The molecule has 0 aliphatic carbocycles. The maximum Gasteiger partial charge on any atom is 0.260 e. The first kappa shape index (κ1) is 18.3. The molecule has 0 saturated carbocycles. The van der Waals surface area contributed by atoms with Crippen LogP contribution in [0.3, 0.4) is 0 Å². The fourth-order valence-electron chi connectivity index (χ4n) is 2.99. The van der Waals surface area contributed by atoms with E-state index >= 15 is 0 Å². The first-order valence-corrected chi connectivity index (χ1v) is 11.5. The van der Waals surface area contributed by atoms with Crippen LogP contribution in [-0.2, 0) is 12.3 Å². The topological polar surface area (TPSA) is 89.6 Å². The van der Waals surface area contributed by atoms with Gasteiger partial charge in [-0.2, -0.15) is 0 Å². The molecule has 10 heteroatoms. The average Bonchev–Trinajstić information content (AvgIpc) is 3.48. The van der Waals surface area contributed by atoms with E-state index in [2.05, 4.69) is 39.2 Å². The molecule has 0 atom stereocenters. The third-order valence-electron chi connectivity index (χ3n) is 4.32. The summed E-state index contributed by atoms with van der Waals surface area (Å²) in [6.45, 7) is 2.62. The second kappa shape index (κ2) is 7.62. The minimum Gasteiger partial charge on any atom is -0.467 e. The van der Waals surface area contributed by atoms with Gasteiger partial charge in [0, 0.05) is 20.7 Å². The van der Waals surface area contributed by atoms with Crippen LogP contribution in [0.4, 0.5) is 0 Å². The van der Waals surface area contributed by atoms with E-state index in [1.165, 1.54) is 28.0 Å². The molecule has 0 aromatic carbocycles. The Morgan fingerprint density at radius 2 is 2.24 bits per heavy atom. The summed E-state index contributed by atoms with van der Waals surface area (Å²) in [4.78, 5) is 23.4. The molecule has 29 heavy (non-hydrogen) atoms. The molecule has 0 amide bonds. The fraction of sp³-hybridized carbons (Fsp3) is 0.158. The van der Waals surface area contributed by atoms with Crippen LogP contribution in [0.15, 0.2) is 56.6 Å². The number of aryl methyl sites for hydroxylation is 1. The Hall–Kier alpha value is -2.69. The lowest BCUT2D eigenvalue weighted by Crippen LogP contribution is -2.11. The molecule has 146 valence electrons. The van der Waals surface area contributed by atoms with Crippen molar-refractivity contribution in [2.75, 3.05) is 0 Å². The van der Waals surface area contributed by atoms with Gasteiger partial charge in [0.2, 0.25) is 0 Å². The molecule has 5 aromatic rings. The number of rotatable bonds is 6. The van der Waals surface area contributed by atoms with Crippen molar-refractivity contribution in [3.8, 4) is 10.4 Å². The predicted molar refractivity (Wildman–Crippen MR) is 116 cm³/mol. The van der Waals surface area contributed by atoms with Crippen molar-refractivity contribution in [1.82, 2.24) is 24.7 Å². The van der Waals surface area contributed by atoms with Crippen LogP contribution in [0.1, 0.15) is 16.5 Å². The lowest BCUT2D eigenvalue weighted by molar-refractivity contribution is 0.484. The number of fused-ring (bicyclic) bond motifs is 1. The zero-order valence-corrected chi connectivity index (χ0v) is 17.7. The first-order valence-electron chi connectivity index (χ1n) is 8.77. The predicted octanol–water partition coefficient (Wildman–Crippen LogP) is 4.55. The van der Waals surface area contributed by atoms with E-state index in [9.17, 15) is 4.79 Å². The fourth-order valence-corrected chi connectivity index (χ4v) is 5.70. The number of aromatic nitrogens is 5. The van der Waals surface area contributed by atoms with Crippen molar-refractivity contribution in [1.29, 1.82) is 0 Å². The Balaban J connectivity index is 1.38. The first-order chi connectivity index (χ1) is 14.2. The Morgan fingerprint density at radius 1 is 1.31 bits per heavy atom. The SMILES string of the molecule is Cc1ccc(-c2csc3nc(CSc4nncn4Cc4ccco4)[nH]c(=O)c23)s1. The van der Waals surface area contributed by atoms with Gasteiger partial charge in [-0.05, 0) is 31.2 Å². The van der Waals surface area contributed by atoms with Gasteiger partial charge in [-0.15, -0.1) is 32.9 Å². The van der Waals surface area contributed by atoms with E-state index in [0.717, 1.165) is 26.2 Å². The average molecular weight is 442 g/mol. The van der Waals surface area contributed by atoms with E-state index in [1.54, 1.807) is 23.9 Å². The lowest BCUT2D eigenvalue weighted by atomic mass is 10.2. The molecule has 0 radical (unpaired) electrons. The van der Waals surface area contributed by atoms with Gasteiger partial charge in [0.25, 0.3) is 5.56 Å². The molecule has 0 fully saturated rings. The molecule has 1 N–H and O–H groups in total. The van der Waals surface area contributed by atoms with Crippen LogP contribution < -0.4 is 5.56 Å². The van der Waals surface area contributed by atoms with Gasteiger partial charge in [0.15, 0.2) is 5.16 Å². The summed E-state index contributed by atoms with van der Waals surface area (Å²) in [7, 11) is 0. The Morgan fingerprint density at radius 3 is 3.03 bits per heavy atom. The van der Waals surface area contributed by atoms with Crippen LogP contribution in [-0.4, -0.2) is 24.7 Å². The summed E-state index contributed by atoms with van der Waals surface area (Å²) in [6.07, 6.45) is 3.31. The van der Waals surface area contributed by atoms with E-state index in [-0.39, 0.29) is 5.56 Å².